The summed E-state index contributed by atoms with van der Waals surface area (Å²) in [6, 6.07) is 10.0. The van der Waals surface area contributed by atoms with Gasteiger partial charge in [-0.15, -0.1) is 0 Å². The molecule has 2 aliphatic rings. The van der Waals surface area contributed by atoms with Gasteiger partial charge in [-0.3, -0.25) is 4.79 Å². The Balaban J connectivity index is 0.000000580. The topological polar surface area (TPSA) is 93.6 Å². The monoisotopic (exact) mass is 557 g/mol. The van der Waals surface area contributed by atoms with Crippen molar-refractivity contribution in [1.29, 1.82) is 0 Å². The lowest BCUT2D eigenvalue weighted by Crippen LogP contribution is -2.11. The van der Waals surface area contributed by atoms with Crippen LogP contribution in [0.2, 0.25) is 0 Å². The van der Waals surface area contributed by atoms with Crippen molar-refractivity contribution in [1.82, 2.24) is 16.0 Å². The summed E-state index contributed by atoms with van der Waals surface area (Å²) in [6.45, 7) is 9.04. The van der Waals surface area contributed by atoms with Crippen molar-refractivity contribution >= 4 is 16.7 Å². The standard InChI is InChI=1S/C13H11F5S.C4H9NO.C4H9N.C3H9N.CH2O2/c1-10-2-4-11(5-3-10)12-6-8-13(9-7-12)19(14,15,16,17)18;6-4-1-2-5-3-4;1-2-4-5-3-1;1-3-4-2;2-1-3/h2-9H,1H3;4-6H,1-3H2;5H,1-4H2;4H,3H2,1-2H3;1H,(H,2,3). The van der Waals surface area contributed by atoms with Gasteiger partial charge in [0, 0.05) is 6.54 Å². The minimum atomic E-state index is -9.57. The maximum absolute atomic E-state index is 12.5. The molecule has 0 aromatic heterocycles. The van der Waals surface area contributed by atoms with Gasteiger partial charge in [0.1, 0.15) is 4.90 Å². The van der Waals surface area contributed by atoms with Crippen LogP contribution in [0.5, 0.6) is 0 Å². The Morgan fingerprint density at radius 3 is 1.59 bits per heavy atom. The molecule has 12 heteroatoms. The lowest BCUT2D eigenvalue weighted by atomic mass is 10.0. The largest absolute Gasteiger partial charge is 0.483 e. The van der Waals surface area contributed by atoms with Crippen LogP contribution in [-0.4, -0.2) is 62.6 Å². The van der Waals surface area contributed by atoms with Gasteiger partial charge < -0.3 is 26.2 Å². The van der Waals surface area contributed by atoms with E-state index in [-0.39, 0.29) is 12.6 Å². The Morgan fingerprint density at radius 1 is 0.919 bits per heavy atom. The number of carbonyl (C=O) groups is 1. The SMILES string of the molecule is C1CCNC1.CCNC.Cc1ccc(-c2ccc(S(F)(F)(F)(F)F)cc2)cc1.O=CO.OC1CCNC1. The molecule has 0 spiro atoms. The molecule has 2 aromatic rings. The highest BCUT2D eigenvalue weighted by molar-refractivity contribution is 8.45. The van der Waals surface area contributed by atoms with Crippen molar-refractivity contribution in [2.75, 3.05) is 39.8 Å². The minimum absolute atomic E-state index is 0.0648. The molecule has 2 heterocycles. The Kier molecular flexibility index (Phi) is 14.9. The molecular weight excluding hydrogens is 517 g/mol. The molecule has 1 atom stereocenters. The number of benzene rings is 2. The summed E-state index contributed by atoms with van der Waals surface area (Å²) in [5, 5.41) is 24.7. The van der Waals surface area contributed by atoms with Crippen molar-refractivity contribution in [3.63, 3.8) is 0 Å². The van der Waals surface area contributed by atoms with Crippen LogP contribution in [0.25, 0.3) is 11.1 Å². The third-order valence-corrected chi connectivity index (χ3v) is 6.19. The first-order valence-electron chi connectivity index (χ1n) is 11.9. The van der Waals surface area contributed by atoms with E-state index in [0.29, 0.717) is 23.3 Å². The lowest BCUT2D eigenvalue weighted by molar-refractivity contribution is -0.122. The van der Waals surface area contributed by atoms with Crippen LogP contribution >= 0.6 is 10.2 Å². The van der Waals surface area contributed by atoms with Crippen LogP contribution in [0.15, 0.2) is 53.4 Å². The number of β-amino-alcohol motifs (C(OH)–C–C–N with tert-alkyl or cyclic N) is 1. The van der Waals surface area contributed by atoms with E-state index in [1.807, 2.05) is 14.0 Å². The predicted octanol–water partition coefficient (Wildman–Crippen LogP) is 5.96. The second kappa shape index (κ2) is 15.9. The Labute approximate surface area is 216 Å². The van der Waals surface area contributed by atoms with Crippen molar-refractivity contribution in [2.45, 2.75) is 44.1 Å². The molecule has 0 bridgehead atoms. The van der Waals surface area contributed by atoms with Gasteiger partial charge in [-0.25, -0.2) is 0 Å². The smallest absolute Gasteiger partial charge is 0.310 e. The molecule has 2 aromatic carbocycles. The van der Waals surface area contributed by atoms with E-state index in [1.54, 1.807) is 24.3 Å². The molecule has 2 aliphatic heterocycles. The van der Waals surface area contributed by atoms with Crippen LogP contribution in [0, 0.1) is 6.92 Å². The second-order valence-electron chi connectivity index (χ2n) is 8.28. The van der Waals surface area contributed by atoms with Gasteiger partial charge in [0.2, 0.25) is 0 Å². The quantitative estimate of drug-likeness (QED) is 0.236. The van der Waals surface area contributed by atoms with Gasteiger partial charge >= 0.3 is 10.2 Å². The summed E-state index contributed by atoms with van der Waals surface area (Å²) in [5.41, 5.74) is 2.15. The summed E-state index contributed by atoms with van der Waals surface area (Å²) < 4.78 is 62.7. The third kappa shape index (κ3) is 17.0. The first-order valence-corrected chi connectivity index (χ1v) is 13.9. The van der Waals surface area contributed by atoms with Gasteiger partial charge in [0.25, 0.3) is 6.47 Å². The van der Waals surface area contributed by atoms with Crippen molar-refractivity contribution in [3.05, 3.63) is 54.1 Å². The summed E-state index contributed by atoms with van der Waals surface area (Å²) >= 11 is 0. The van der Waals surface area contributed by atoms with Gasteiger partial charge in [-0.05, 0) is 82.7 Å². The van der Waals surface area contributed by atoms with Gasteiger partial charge in [-0.2, -0.15) is 0 Å². The van der Waals surface area contributed by atoms with E-state index >= 15 is 0 Å². The van der Waals surface area contributed by atoms with E-state index in [4.69, 9.17) is 15.0 Å². The highest BCUT2D eigenvalue weighted by Gasteiger charge is 2.65. The number of aliphatic hydroxyl groups is 1. The number of aliphatic hydroxyl groups excluding tert-OH is 1. The van der Waals surface area contributed by atoms with Crippen molar-refractivity contribution < 1.29 is 34.4 Å². The number of aryl methyl sites for hydroxylation is 1. The molecule has 5 N–H and O–H groups in total. The molecule has 0 saturated carbocycles. The summed E-state index contributed by atoms with van der Waals surface area (Å²) in [4.78, 5) is 6.50. The molecule has 2 fully saturated rings. The van der Waals surface area contributed by atoms with Gasteiger partial charge in [-0.1, -0.05) is 68.3 Å². The van der Waals surface area contributed by atoms with Crippen LogP contribution in [-0.2, 0) is 4.79 Å². The van der Waals surface area contributed by atoms with Gasteiger partial charge in [0.15, 0.2) is 0 Å². The predicted molar refractivity (Wildman–Crippen MR) is 142 cm³/mol. The molecule has 4 rings (SSSR count). The van der Waals surface area contributed by atoms with E-state index in [2.05, 4.69) is 22.9 Å². The fourth-order valence-corrected chi connectivity index (χ4v) is 3.57. The first kappa shape index (κ1) is 34.8. The minimum Gasteiger partial charge on any atom is -0.483 e. The zero-order valence-corrected chi connectivity index (χ0v) is 22.3. The zero-order valence-electron chi connectivity index (χ0n) is 21.5. The second-order valence-corrected chi connectivity index (χ2v) is 10.7. The molecule has 1 unspecified atom stereocenters. The van der Waals surface area contributed by atoms with E-state index in [9.17, 15) is 19.4 Å². The lowest BCUT2D eigenvalue weighted by Gasteiger charge is -2.40. The maximum Gasteiger partial charge on any atom is 0.310 e. The highest BCUT2D eigenvalue weighted by atomic mass is 32.5. The number of hydrogen-bond donors (Lipinski definition) is 5. The number of carboxylic acid groups (broad SMARTS) is 1. The fourth-order valence-electron chi connectivity index (χ4n) is 2.91. The normalized spacial score (nSPS) is 18.0. The van der Waals surface area contributed by atoms with Crippen LogP contribution in [0.4, 0.5) is 19.4 Å². The number of halogens is 5. The molecule has 2 saturated heterocycles. The molecular formula is C25H40F5N3O3S. The average Bonchev–Trinajstić information content (AvgIpc) is 3.57. The molecule has 0 radical (unpaired) electrons. The summed E-state index contributed by atoms with van der Waals surface area (Å²) in [5.74, 6) is 0. The molecule has 0 amide bonds. The summed E-state index contributed by atoms with van der Waals surface area (Å²) in [6.07, 6.45) is 3.64. The summed E-state index contributed by atoms with van der Waals surface area (Å²) in [7, 11) is -7.64. The van der Waals surface area contributed by atoms with Crippen LogP contribution in [0.1, 0.15) is 31.7 Å². The third-order valence-electron chi connectivity index (χ3n) is 5.03. The average molecular weight is 558 g/mol. The Morgan fingerprint density at radius 2 is 1.35 bits per heavy atom. The van der Waals surface area contributed by atoms with Crippen molar-refractivity contribution in [3.8, 4) is 11.1 Å². The van der Waals surface area contributed by atoms with Crippen LogP contribution < -0.4 is 16.0 Å². The number of nitrogens with one attached hydrogen (secondary N) is 3. The molecule has 0 aliphatic carbocycles. The maximum atomic E-state index is 12.5. The molecule has 6 nitrogen and oxygen atoms in total. The highest BCUT2D eigenvalue weighted by Crippen LogP contribution is 3.02. The van der Waals surface area contributed by atoms with E-state index in [0.717, 1.165) is 43.8 Å². The first-order chi connectivity index (χ1) is 17.2. The van der Waals surface area contributed by atoms with E-state index < -0.39 is 15.1 Å². The number of rotatable bonds is 3. The molecule has 214 valence electrons. The number of hydrogen-bond acceptors (Lipinski definition) is 5. The zero-order chi connectivity index (χ0) is 28.4. The van der Waals surface area contributed by atoms with Gasteiger partial charge in [0.05, 0.1) is 6.10 Å². The molecule has 37 heavy (non-hydrogen) atoms. The Hall–Kier alpha value is -2.25. The Bertz CT molecular complexity index is 864. The fraction of sp³-hybridized carbons (Fsp3) is 0.480. The van der Waals surface area contributed by atoms with Crippen molar-refractivity contribution in [2.24, 2.45) is 0 Å². The van der Waals surface area contributed by atoms with Crippen LogP contribution in [0.3, 0.4) is 0 Å². The van der Waals surface area contributed by atoms with E-state index in [1.165, 1.54) is 25.9 Å².